The number of fused-ring (bicyclic) bond motifs is 1. The van der Waals surface area contributed by atoms with Gasteiger partial charge in [-0.2, -0.15) is 13.2 Å². The number of aryl methyl sites for hydroxylation is 1. The van der Waals surface area contributed by atoms with Crippen molar-refractivity contribution < 1.29 is 32.2 Å². The van der Waals surface area contributed by atoms with E-state index in [0.717, 1.165) is 29.5 Å². The van der Waals surface area contributed by atoms with Gasteiger partial charge in [0.05, 0.1) is 17.8 Å². The van der Waals surface area contributed by atoms with E-state index in [1.54, 1.807) is 36.4 Å². The van der Waals surface area contributed by atoms with Crippen molar-refractivity contribution >= 4 is 40.1 Å². The Kier molecular flexibility index (Phi) is 7.02. The Morgan fingerprint density at radius 2 is 1.87 bits per heavy atom. The molecule has 3 aromatic rings. The molecule has 7 nitrogen and oxygen atoms in total. The molecule has 1 N–H and O–H groups in total. The number of rotatable bonds is 5. The highest BCUT2D eigenvalue weighted by molar-refractivity contribution is 8.15. The molecule has 0 unspecified atom stereocenters. The first-order valence-corrected chi connectivity index (χ1v) is 12.5. The minimum absolute atomic E-state index is 0.0190. The van der Waals surface area contributed by atoms with Gasteiger partial charge in [0, 0.05) is 12.1 Å². The third kappa shape index (κ3) is 5.77. The Morgan fingerprint density at radius 1 is 1.08 bits per heavy atom. The SMILES string of the molecule is Cc1cccc(NC(=O)[C@H]2CC(=O)N(Cc3ccc4c(c3)OCO4)C(=Nc3cccc(C(F)(F)F)c3)S2)c1. The number of nitrogens with zero attached hydrogens (tertiary/aromatic N) is 2. The summed E-state index contributed by atoms with van der Waals surface area (Å²) in [7, 11) is 0. The van der Waals surface area contributed by atoms with Gasteiger partial charge in [0.2, 0.25) is 18.6 Å². The van der Waals surface area contributed by atoms with Gasteiger partial charge in [0.1, 0.15) is 5.25 Å². The molecular formula is C27H22F3N3O4S. The summed E-state index contributed by atoms with van der Waals surface area (Å²) in [6.07, 6.45) is -4.65. The first-order valence-electron chi connectivity index (χ1n) is 11.6. The van der Waals surface area contributed by atoms with Gasteiger partial charge in [0.15, 0.2) is 16.7 Å². The fraction of sp³-hybridized carbons (Fsp3) is 0.222. The second-order valence-corrected chi connectivity index (χ2v) is 9.95. The molecule has 0 saturated carbocycles. The number of thioether (sulfide) groups is 1. The summed E-state index contributed by atoms with van der Waals surface area (Å²) < 4.78 is 50.6. The van der Waals surface area contributed by atoms with E-state index in [9.17, 15) is 22.8 Å². The summed E-state index contributed by atoms with van der Waals surface area (Å²) in [6, 6.07) is 17.0. The van der Waals surface area contributed by atoms with Crippen LogP contribution in [0.5, 0.6) is 11.5 Å². The van der Waals surface area contributed by atoms with E-state index in [-0.39, 0.29) is 36.5 Å². The van der Waals surface area contributed by atoms with Gasteiger partial charge in [-0.15, -0.1) is 0 Å². The number of alkyl halides is 3. The molecule has 0 aromatic heterocycles. The normalized spacial score (nSPS) is 18.1. The van der Waals surface area contributed by atoms with Crippen LogP contribution in [0.4, 0.5) is 24.5 Å². The van der Waals surface area contributed by atoms with Crippen molar-refractivity contribution in [1.29, 1.82) is 0 Å². The summed E-state index contributed by atoms with van der Waals surface area (Å²) in [5.41, 5.74) is 1.41. The van der Waals surface area contributed by atoms with Gasteiger partial charge in [-0.05, 0) is 60.5 Å². The second-order valence-electron chi connectivity index (χ2n) is 8.78. The minimum atomic E-state index is -4.55. The smallest absolute Gasteiger partial charge is 0.416 e. The van der Waals surface area contributed by atoms with Crippen LogP contribution >= 0.6 is 11.8 Å². The van der Waals surface area contributed by atoms with Crippen LogP contribution in [0.15, 0.2) is 71.7 Å². The number of carbonyl (C=O) groups is 2. The molecule has 0 spiro atoms. The van der Waals surface area contributed by atoms with Crippen LogP contribution in [0, 0.1) is 6.92 Å². The molecule has 38 heavy (non-hydrogen) atoms. The van der Waals surface area contributed by atoms with Gasteiger partial charge >= 0.3 is 6.18 Å². The van der Waals surface area contributed by atoms with Crippen molar-refractivity contribution in [1.82, 2.24) is 4.90 Å². The molecular weight excluding hydrogens is 519 g/mol. The largest absolute Gasteiger partial charge is 0.454 e. The Balaban J connectivity index is 1.45. The monoisotopic (exact) mass is 541 g/mol. The highest BCUT2D eigenvalue weighted by Crippen LogP contribution is 2.36. The Morgan fingerprint density at radius 3 is 2.66 bits per heavy atom. The molecule has 0 bridgehead atoms. The molecule has 5 rings (SSSR count). The van der Waals surface area contributed by atoms with Crippen molar-refractivity contribution in [2.24, 2.45) is 4.99 Å². The number of aliphatic imine (C=N–C) groups is 1. The second kappa shape index (κ2) is 10.4. The van der Waals surface area contributed by atoms with Crippen LogP contribution in [-0.4, -0.2) is 33.9 Å². The standard InChI is InChI=1S/C27H22F3N3O4S/c1-16-4-2-6-19(10-16)31-25(35)23-13-24(34)33(14-17-8-9-21-22(11-17)37-15-36-21)26(38-23)32-20-7-3-5-18(12-20)27(28,29)30/h2-12,23H,13-15H2,1H3,(H,31,35)/t23-/m1/s1. The maximum atomic E-state index is 13.3. The predicted molar refractivity (Wildman–Crippen MR) is 137 cm³/mol. The lowest BCUT2D eigenvalue weighted by Crippen LogP contribution is -2.44. The van der Waals surface area contributed by atoms with Crippen LogP contribution in [0.1, 0.15) is 23.1 Å². The molecule has 196 valence electrons. The first kappa shape index (κ1) is 25.7. The quantitative estimate of drug-likeness (QED) is 0.435. The molecule has 1 atom stereocenters. The summed E-state index contributed by atoms with van der Waals surface area (Å²) in [4.78, 5) is 32.1. The average molecular weight is 542 g/mol. The van der Waals surface area contributed by atoms with Gasteiger partial charge in [-0.25, -0.2) is 4.99 Å². The number of carbonyl (C=O) groups excluding carboxylic acids is 2. The fourth-order valence-electron chi connectivity index (χ4n) is 4.03. The zero-order valence-corrected chi connectivity index (χ0v) is 20.9. The lowest BCUT2D eigenvalue weighted by atomic mass is 10.1. The fourth-order valence-corrected chi connectivity index (χ4v) is 5.12. The van der Waals surface area contributed by atoms with E-state index in [0.29, 0.717) is 22.7 Å². The Hall–Kier alpha value is -3.99. The highest BCUT2D eigenvalue weighted by Gasteiger charge is 2.36. The number of anilines is 1. The van der Waals surface area contributed by atoms with Crippen molar-refractivity contribution in [3.8, 4) is 11.5 Å². The van der Waals surface area contributed by atoms with Crippen molar-refractivity contribution in [2.45, 2.75) is 31.3 Å². The Labute approximate surface area is 220 Å². The summed E-state index contributed by atoms with van der Waals surface area (Å²) in [5, 5.41) is 2.12. The summed E-state index contributed by atoms with van der Waals surface area (Å²) >= 11 is 1.03. The maximum absolute atomic E-state index is 13.3. The number of hydrogen-bond donors (Lipinski definition) is 1. The molecule has 1 fully saturated rings. The van der Waals surface area contributed by atoms with Crippen LogP contribution in [0.3, 0.4) is 0 Å². The van der Waals surface area contributed by atoms with Gasteiger partial charge in [-0.3, -0.25) is 14.5 Å². The van der Waals surface area contributed by atoms with Crippen LogP contribution in [0.2, 0.25) is 0 Å². The molecule has 0 radical (unpaired) electrons. The number of amidine groups is 1. The number of hydrogen-bond acceptors (Lipinski definition) is 6. The van der Waals surface area contributed by atoms with Crippen molar-refractivity contribution in [2.75, 3.05) is 12.1 Å². The number of nitrogens with one attached hydrogen (secondary N) is 1. The molecule has 0 aliphatic carbocycles. The van der Waals surface area contributed by atoms with E-state index < -0.39 is 22.9 Å². The van der Waals surface area contributed by atoms with E-state index in [2.05, 4.69) is 10.3 Å². The molecule has 1 saturated heterocycles. The number of halogens is 3. The van der Waals surface area contributed by atoms with Crippen LogP contribution in [0.25, 0.3) is 0 Å². The van der Waals surface area contributed by atoms with Crippen molar-refractivity contribution in [3.05, 3.63) is 83.4 Å². The Bertz CT molecular complexity index is 1430. The average Bonchev–Trinajstić information content (AvgIpc) is 3.33. The number of benzene rings is 3. The lowest BCUT2D eigenvalue weighted by molar-refractivity contribution is -0.137. The van der Waals surface area contributed by atoms with Crippen LogP contribution < -0.4 is 14.8 Å². The third-order valence-electron chi connectivity index (χ3n) is 5.89. The zero-order valence-electron chi connectivity index (χ0n) is 20.1. The zero-order chi connectivity index (χ0) is 26.9. The summed E-state index contributed by atoms with van der Waals surface area (Å²) in [6.45, 7) is 2.08. The maximum Gasteiger partial charge on any atom is 0.416 e. The van der Waals surface area contributed by atoms with Gasteiger partial charge in [0.25, 0.3) is 0 Å². The topological polar surface area (TPSA) is 80.2 Å². The molecule has 2 heterocycles. The summed E-state index contributed by atoms with van der Waals surface area (Å²) in [5.74, 6) is 0.343. The van der Waals surface area contributed by atoms with Gasteiger partial charge in [-0.1, -0.05) is 36.0 Å². The number of ether oxygens (including phenoxy) is 2. The molecule has 3 aromatic carbocycles. The van der Waals surface area contributed by atoms with E-state index in [1.165, 1.54) is 17.0 Å². The minimum Gasteiger partial charge on any atom is -0.454 e. The molecule has 2 amide bonds. The number of amides is 2. The predicted octanol–water partition coefficient (Wildman–Crippen LogP) is 5.90. The lowest BCUT2D eigenvalue weighted by Gasteiger charge is -2.32. The molecule has 2 aliphatic heterocycles. The van der Waals surface area contributed by atoms with E-state index in [1.807, 2.05) is 13.0 Å². The highest BCUT2D eigenvalue weighted by atomic mass is 32.2. The molecule has 11 heteroatoms. The van der Waals surface area contributed by atoms with E-state index in [4.69, 9.17) is 9.47 Å². The third-order valence-corrected chi connectivity index (χ3v) is 7.08. The van der Waals surface area contributed by atoms with Gasteiger partial charge < -0.3 is 14.8 Å². The van der Waals surface area contributed by atoms with Crippen LogP contribution in [-0.2, 0) is 22.3 Å². The van der Waals surface area contributed by atoms with E-state index >= 15 is 0 Å². The molecule has 2 aliphatic rings. The first-order chi connectivity index (χ1) is 18.2. The van der Waals surface area contributed by atoms with Crippen molar-refractivity contribution in [3.63, 3.8) is 0 Å².